The monoisotopic (exact) mass is 241 g/mol. The molecule has 0 N–H and O–H groups in total. The van der Waals surface area contributed by atoms with Crippen molar-refractivity contribution in [3.05, 3.63) is 0 Å². The van der Waals surface area contributed by atoms with E-state index in [1.54, 1.807) is 0 Å². The SMILES string of the molecule is C[C@H](C1CCCC1P(Cl)Cl)N(C)C. The van der Waals surface area contributed by atoms with Gasteiger partial charge < -0.3 is 4.90 Å². The summed E-state index contributed by atoms with van der Waals surface area (Å²) in [5, 5.41) is 0. The average Bonchev–Trinajstić information content (AvgIpc) is 2.50. The third kappa shape index (κ3) is 2.96. The van der Waals surface area contributed by atoms with Gasteiger partial charge >= 0.3 is 0 Å². The second-order valence-electron chi connectivity index (χ2n) is 4.13. The van der Waals surface area contributed by atoms with E-state index >= 15 is 0 Å². The van der Waals surface area contributed by atoms with E-state index in [9.17, 15) is 0 Å². The standard InChI is InChI=1S/C9H18Cl2NP/c1-7(12(2)3)8-5-4-6-9(8)13(10)11/h7-9H,4-6H2,1-3H3/t7-,8?,9?/m1/s1. The first-order chi connectivity index (χ1) is 6.04. The van der Waals surface area contributed by atoms with E-state index in [1.807, 2.05) is 0 Å². The molecule has 0 aromatic heterocycles. The van der Waals surface area contributed by atoms with E-state index < -0.39 is 6.63 Å². The van der Waals surface area contributed by atoms with E-state index in [0.717, 1.165) is 0 Å². The van der Waals surface area contributed by atoms with Crippen LogP contribution in [-0.4, -0.2) is 30.7 Å². The van der Waals surface area contributed by atoms with Crippen molar-refractivity contribution >= 4 is 29.1 Å². The average molecular weight is 242 g/mol. The van der Waals surface area contributed by atoms with Gasteiger partial charge in [0.25, 0.3) is 0 Å². The van der Waals surface area contributed by atoms with Crippen molar-refractivity contribution in [1.82, 2.24) is 4.90 Å². The number of halogens is 2. The first-order valence-electron chi connectivity index (χ1n) is 4.81. The topological polar surface area (TPSA) is 3.24 Å². The minimum Gasteiger partial charge on any atom is -0.306 e. The van der Waals surface area contributed by atoms with Crippen LogP contribution in [0.1, 0.15) is 26.2 Å². The van der Waals surface area contributed by atoms with Crippen LogP contribution >= 0.6 is 29.1 Å². The molecule has 0 aromatic rings. The molecule has 0 radical (unpaired) electrons. The summed E-state index contributed by atoms with van der Waals surface area (Å²) in [4.78, 5) is 2.27. The summed E-state index contributed by atoms with van der Waals surface area (Å²) >= 11 is 12.1. The highest BCUT2D eigenvalue weighted by molar-refractivity contribution is 8.04. The van der Waals surface area contributed by atoms with Crippen molar-refractivity contribution in [2.75, 3.05) is 14.1 Å². The van der Waals surface area contributed by atoms with Gasteiger partial charge in [0.1, 0.15) is 0 Å². The van der Waals surface area contributed by atoms with Crippen LogP contribution in [0.5, 0.6) is 0 Å². The van der Waals surface area contributed by atoms with Crippen LogP contribution in [0.25, 0.3) is 0 Å². The lowest BCUT2D eigenvalue weighted by molar-refractivity contribution is 0.232. The van der Waals surface area contributed by atoms with Crippen molar-refractivity contribution in [3.8, 4) is 0 Å². The van der Waals surface area contributed by atoms with Crippen molar-refractivity contribution < 1.29 is 0 Å². The molecule has 1 fully saturated rings. The molecule has 1 rings (SSSR count). The minimum atomic E-state index is -0.780. The fourth-order valence-electron chi connectivity index (χ4n) is 2.16. The van der Waals surface area contributed by atoms with Crippen molar-refractivity contribution in [1.29, 1.82) is 0 Å². The number of hydrogen-bond acceptors (Lipinski definition) is 1. The van der Waals surface area contributed by atoms with Crippen LogP contribution < -0.4 is 0 Å². The first-order valence-corrected chi connectivity index (χ1v) is 8.03. The quantitative estimate of drug-likeness (QED) is 0.678. The lowest BCUT2D eigenvalue weighted by Crippen LogP contribution is -2.35. The molecule has 0 bridgehead atoms. The van der Waals surface area contributed by atoms with Gasteiger partial charge in [-0.2, -0.15) is 0 Å². The van der Waals surface area contributed by atoms with Gasteiger partial charge in [0.05, 0.1) is 6.63 Å². The Morgan fingerprint density at radius 1 is 1.31 bits per heavy atom. The largest absolute Gasteiger partial charge is 0.306 e. The Kier molecular flexibility index (Phi) is 4.78. The van der Waals surface area contributed by atoms with E-state index in [4.69, 9.17) is 22.5 Å². The summed E-state index contributed by atoms with van der Waals surface area (Å²) in [6.45, 7) is 1.49. The molecule has 0 amide bonds. The summed E-state index contributed by atoms with van der Waals surface area (Å²) in [6, 6.07) is 0.606. The molecule has 78 valence electrons. The van der Waals surface area contributed by atoms with E-state index in [1.165, 1.54) is 19.3 Å². The zero-order chi connectivity index (χ0) is 10.0. The maximum absolute atomic E-state index is 6.04. The number of hydrogen-bond donors (Lipinski definition) is 0. The molecule has 0 aromatic carbocycles. The molecule has 2 unspecified atom stereocenters. The van der Waals surface area contributed by atoms with Gasteiger partial charge in [-0.05, 0) is 39.8 Å². The Hall–Kier alpha value is 0.970. The number of nitrogens with zero attached hydrogens (tertiary/aromatic N) is 1. The molecule has 1 nitrogen and oxygen atoms in total. The summed E-state index contributed by atoms with van der Waals surface area (Å²) in [6.07, 6.45) is 3.82. The molecule has 1 saturated carbocycles. The highest BCUT2D eigenvalue weighted by atomic mass is 35.9. The zero-order valence-corrected chi connectivity index (χ0v) is 10.9. The van der Waals surface area contributed by atoms with E-state index in [0.29, 0.717) is 17.6 Å². The van der Waals surface area contributed by atoms with Crippen LogP contribution in [0.15, 0.2) is 0 Å². The van der Waals surface area contributed by atoms with Crippen LogP contribution in [-0.2, 0) is 0 Å². The highest BCUT2D eigenvalue weighted by Crippen LogP contribution is 2.59. The minimum absolute atomic E-state index is 0.565. The molecule has 4 heteroatoms. The lowest BCUT2D eigenvalue weighted by atomic mass is 9.99. The van der Waals surface area contributed by atoms with Crippen molar-refractivity contribution in [2.24, 2.45) is 5.92 Å². The second kappa shape index (κ2) is 5.16. The molecular weight excluding hydrogens is 224 g/mol. The van der Waals surface area contributed by atoms with Crippen LogP contribution in [0.2, 0.25) is 0 Å². The van der Waals surface area contributed by atoms with Crippen molar-refractivity contribution in [3.63, 3.8) is 0 Å². The predicted octanol–water partition coefficient (Wildman–Crippen LogP) is 3.89. The summed E-state index contributed by atoms with van der Waals surface area (Å²) in [5.41, 5.74) is 0.565. The molecule has 0 aliphatic heterocycles. The Bertz CT molecular complexity index is 164. The van der Waals surface area contributed by atoms with Crippen molar-refractivity contribution in [2.45, 2.75) is 37.9 Å². The van der Waals surface area contributed by atoms with E-state index in [2.05, 4.69) is 25.9 Å². The lowest BCUT2D eigenvalue weighted by Gasteiger charge is -2.31. The van der Waals surface area contributed by atoms with Gasteiger partial charge in [-0.25, -0.2) is 0 Å². The molecule has 1 aliphatic rings. The third-order valence-electron chi connectivity index (χ3n) is 3.22. The zero-order valence-electron chi connectivity index (χ0n) is 8.50. The fraction of sp³-hybridized carbons (Fsp3) is 1.00. The van der Waals surface area contributed by atoms with Crippen LogP contribution in [0.3, 0.4) is 0 Å². The second-order valence-corrected chi connectivity index (χ2v) is 8.01. The Balaban J connectivity index is 2.57. The molecule has 0 saturated heterocycles. The molecular formula is C9H18Cl2NP. The van der Waals surface area contributed by atoms with Gasteiger partial charge in [0, 0.05) is 11.7 Å². The predicted molar refractivity (Wildman–Crippen MR) is 62.9 cm³/mol. The summed E-state index contributed by atoms with van der Waals surface area (Å²) in [7, 11) is 4.26. The van der Waals surface area contributed by atoms with Gasteiger partial charge in [0.2, 0.25) is 0 Å². The Labute approximate surface area is 92.1 Å². The third-order valence-corrected chi connectivity index (χ3v) is 5.86. The van der Waals surface area contributed by atoms with Gasteiger partial charge in [-0.3, -0.25) is 0 Å². The molecule has 13 heavy (non-hydrogen) atoms. The van der Waals surface area contributed by atoms with Crippen LogP contribution in [0, 0.1) is 5.92 Å². The van der Waals surface area contributed by atoms with E-state index in [-0.39, 0.29) is 0 Å². The van der Waals surface area contributed by atoms with Gasteiger partial charge in [-0.1, -0.05) is 28.9 Å². The molecule has 0 heterocycles. The smallest absolute Gasteiger partial charge is 0.0889 e. The normalized spacial score (nSPS) is 31.6. The van der Waals surface area contributed by atoms with Crippen LogP contribution in [0.4, 0.5) is 0 Å². The van der Waals surface area contributed by atoms with Gasteiger partial charge in [0.15, 0.2) is 0 Å². The Morgan fingerprint density at radius 2 is 1.92 bits per heavy atom. The summed E-state index contributed by atoms with van der Waals surface area (Å²) < 4.78 is 0. The molecule has 0 spiro atoms. The van der Waals surface area contributed by atoms with Gasteiger partial charge in [-0.15, -0.1) is 0 Å². The highest BCUT2D eigenvalue weighted by Gasteiger charge is 2.36. The molecule has 3 atom stereocenters. The maximum Gasteiger partial charge on any atom is 0.0889 e. The fourth-order valence-corrected chi connectivity index (χ4v) is 4.68. The maximum atomic E-state index is 6.04. The number of rotatable bonds is 3. The first kappa shape index (κ1) is 12.0. The Morgan fingerprint density at radius 3 is 2.38 bits per heavy atom. The summed E-state index contributed by atoms with van der Waals surface area (Å²) in [5.74, 6) is 0.705. The molecule has 1 aliphatic carbocycles.